The fraction of sp³-hybridized carbons (Fsp3) is 0.676. The summed E-state index contributed by atoms with van der Waals surface area (Å²) in [5.74, 6) is -4.60. The van der Waals surface area contributed by atoms with Gasteiger partial charge < -0.3 is 41.1 Å². The quantitative estimate of drug-likeness (QED) is 0.0372. The van der Waals surface area contributed by atoms with E-state index in [1.807, 2.05) is 32.9 Å². The Bertz CT molecular complexity index is 1520. The van der Waals surface area contributed by atoms with E-state index >= 15 is 0 Å². The molecule has 21 heteroatoms. The van der Waals surface area contributed by atoms with Gasteiger partial charge in [-0.3, -0.25) is 48.1 Å². The molecule has 1 aliphatic rings. The third-order valence-corrected chi connectivity index (χ3v) is 9.68. The van der Waals surface area contributed by atoms with Crippen LogP contribution in [0.5, 0.6) is 5.75 Å². The molecule has 3 amide bonds. The predicted octanol–water partition coefficient (Wildman–Crippen LogP) is -2.92. The molecule has 1 saturated heterocycles. The Morgan fingerprint density at radius 2 is 1.22 bits per heavy atom. The molecule has 1 atom stereocenters. The smallest absolute Gasteiger partial charge is 0.317 e. The molecule has 1 fully saturated rings. The molecule has 0 spiro atoms. The van der Waals surface area contributed by atoms with E-state index in [1.54, 1.807) is 19.6 Å². The second kappa shape index (κ2) is 23.8. The van der Waals surface area contributed by atoms with E-state index in [4.69, 9.17) is 4.74 Å². The van der Waals surface area contributed by atoms with Gasteiger partial charge in [0.1, 0.15) is 17.5 Å². The van der Waals surface area contributed by atoms with Gasteiger partial charge in [-0.15, -0.1) is 0 Å². The van der Waals surface area contributed by atoms with Gasteiger partial charge in [0.15, 0.2) is 6.29 Å². The maximum Gasteiger partial charge on any atom is 0.317 e. The molecular weight excluding hydrogens is 746 g/mol. The summed E-state index contributed by atoms with van der Waals surface area (Å²) in [5.41, 5.74) is 3.39. The lowest BCUT2D eigenvalue weighted by atomic mass is 10.0. The molecule has 0 aliphatic carbocycles. The van der Waals surface area contributed by atoms with E-state index in [0.717, 1.165) is 11.1 Å². The first kappa shape index (κ1) is 47.2. The summed E-state index contributed by atoms with van der Waals surface area (Å²) in [5, 5.41) is 45.4. The maximum absolute atomic E-state index is 13.2. The SMILES string of the molecule is Cc1cc(OCCCC(=O)NCCNC(=O)C(CS(=O)(=O)O)NC(=O)CN2CCN(CC(=O)O)CCN(CC(=O)O)CCN(CC(O)O)CC2)cc(C)c1C. The summed E-state index contributed by atoms with van der Waals surface area (Å²) in [7, 11) is -4.74. The third-order valence-electron chi connectivity index (χ3n) is 8.93. The Balaban J connectivity index is 1.97. The molecule has 312 valence electrons. The zero-order valence-corrected chi connectivity index (χ0v) is 32.6. The minimum Gasteiger partial charge on any atom is -0.494 e. The summed E-state index contributed by atoms with van der Waals surface area (Å²) >= 11 is 0. The first-order valence-corrected chi connectivity index (χ1v) is 19.6. The predicted molar refractivity (Wildman–Crippen MR) is 199 cm³/mol. The van der Waals surface area contributed by atoms with Crippen molar-refractivity contribution in [2.75, 3.05) is 104 Å². The highest BCUT2D eigenvalue weighted by Gasteiger charge is 2.27. The molecule has 55 heavy (non-hydrogen) atoms. The van der Waals surface area contributed by atoms with Gasteiger partial charge in [-0.2, -0.15) is 8.42 Å². The van der Waals surface area contributed by atoms with Crippen LogP contribution in [0.3, 0.4) is 0 Å². The van der Waals surface area contributed by atoms with E-state index < -0.39 is 52.0 Å². The number of nitrogens with one attached hydrogen (secondary N) is 3. The number of rotatable bonds is 20. The van der Waals surface area contributed by atoms with E-state index in [2.05, 4.69) is 16.0 Å². The van der Waals surface area contributed by atoms with E-state index in [1.165, 1.54) is 5.56 Å². The summed E-state index contributed by atoms with van der Waals surface area (Å²) in [6.07, 6.45) is -1.10. The molecule has 1 unspecified atom stereocenters. The number of carboxylic acid groups (broad SMARTS) is 2. The molecule has 1 aromatic rings. The number of ether oxygens (including phenoxy) is 1. The van der Waals surface area contributed by atoms with E-state index in [0.29, 0.717) is 18.8 Å². The normalized spacial score (nSPS) is 16.4. The second-order valence-electron chi connectivity index (χ2n) is 13.5. The van der Waals surface area contributed by atoms with Crippen molar-refractivity contribution < 1.29 is 62.1 Å². The highest BCUT2D eigenvalue weighted by Crippen LogP contribution is 2.21. The van der Waals surface area contributed by atoms with Crippen molar-refractivity contribution in [2.24, 2.45) is 0 Å². The van der Waals surface area contributed by atoms with Crippen LogP contribution < -0.4 is 20.7 Å². The minimum atomic E-state index is -4.74. The molecule has 8 N–H and O–H groups in total. The number of benzene rings is 1. The standard InChI is InChI=1S/C34H57N7O13S/c1-24-17-27(18-25(2)26(24)3)54-16-4-5-29(42)35-6-7-36-34(50)28(23-55(51,52)53)37-30(43)19-38-8-10-39(20-31(44)45)12-14-41(22-33(48)49)15-13-40(11-9-38)21-32(46)47/h17-18,28,31,44-45H,4-16,19-23H2,1-3H3,(H,35,42)(H,36,50)(H,37,43)(H,46,47)(H,48,49)(H,51,52,53). The molecule has 2 rings (SSSR count). The number of hydrogen-bond donors (Lipinski definition) is 8. The van der Waals surface area contributed by atoms with Crippen molar-refractivity contribution in [1.29, 1.82) is 0 Å². The zero-order chi connectivity index (χ0) is 41.1. The second-order valence-corrected chi connectivity index (χ2v) is 15.0. The Morgan fingerprint density at radius 3 is 1.69 bits per heavy atom. The number of aliphatic hydroxyl groups excluding tert-OH is 1. The van der Waals surface area contributed by atoms with Crippen LogP contribution in [0, 0.1) is 20.8 Å². The van der Waals surface area contributed by atoms with Crippen LogP contribution in [0.1, 0.15) is 29.5 Å². The lowest BCUT2D eigenvalue weighted by molar-refractivity contribution is -0.140. The highest BCUT2D eigenvalue weighted by molar-refractivity contribution is 7.85. The van der Waals surface area contributed by atoms with Gasteiger partial charge in [0.2, 0.25) is 17.7 Å². The van der Waals surface area contributed by atoms with Crippen LogP contribution in [0.25, 0.3) is 0 Å². The molecule has 0 bridgehead atoms. The molecule has 0 aromatic heterocycles. The molecule has 1 aliphatic heterocycles. The topological polar surface area (TPSA) is 279 Å². The number of hydrogen-bond acceptors (Lipinski definition) is 14. The van der Waals surface area contributed by atoms with Crippen LogP contribution in [-0.4, -0.2) is 199 Å². The largest absolute Gasteiger partial charge is 0.494 e. The highest BCUT2D eigenvalue weighted by atomic mass is 32.2. The summed E-state index contributed by atoms with van der Waals surface area (Å²) in [4.78, 5) is 67.8. The van der Waals surface area contributed by atoms with Gasteiger partial charge in [0.25, 0.3) is 10.1 Å². The molecule has 1 aromatic carbocycles. The maximum atomic E-state index is 13.2. The van der Waals surface area contributed by atoms with Crippen molar-refractivity contribution in [3.05, 3.63) is 28.8 Å². The zero-order valence-electron chi connectivity index (χ0n) is 31.7. The number of aliphatic carboxylic acids is 2. The lowest BCUT2D eigenvalue weighted by Gasteiger charge is -2.33. The van der Waals surface area contributed by atoms with Crippen LogP contribution >= 0.6 is 0 Å². The fourth-order valence-electron chi connectivity index (χ4n) is 5.79. The Morgan fingerprint density at radius 1 is 0.745 bits per heavy atom. The van der Waals surface area contributed by atoms with Crippen molar-refractivity contribution >= 4 is 39.8 Å². The number of aryl methyl sites for hydroxylation is 2. The monoisotopic (exact) mass is 803 g/mol. The average Bonchev–Trinajstić information content (AvgIpc) is 3.06. The van der Waals surface area contributed by atoms with Crippen molar-refractivity contribution in [1.82, 2.24) is 35.6 Å². The molecule has 20 nitrogen and oxygen atoms in total. The van der Waals surface area contributed by atoms with Gasteiger partial charge >= 0.3 is 11.9 Å². The van der Waals surface area contributed by atoms with Gasteiger partial charge in [-0.1, -0.05) is 0 Å². The van der Waals surface area contributed by atoms with Gasteiger partial charge in [-0.25, -0.2) is 0 Å². The lowest BCUT2D eigenvalue weighted by Crippen LogP contribution is -2.54. The van der Waals surface area contributed by atoms with Crippen LogP contribution in [-0.2, 0) is 34.1 Å². The van der Waals surface area contributed by atoms with Crippen LogP contribution in [0.2, 0.25) is 0 Å². The number of nitrogens with zero attached hydrogens (tertiary/aromatic N) is 4. The number of amides is 3. The molecular formula is C34H57N7O13S. The van der Waals surface area contributed by atoms with Crippen molar-refractivity contribution in [2.45, 2.75) is 45.9 Å². The van der Waals surface area contributed by atoms with Gasteiger partial charge in [-0.05, 0) is 56.0 Å². The third kappa shape index (κ3) is 20.5. The first-order valence-electron chi connectivity index (χ1n) is 18.0. The minimum absolute atomic E-state index is 0.00203. The number of carbonyl (C=O) groups excluding carboxylic acids is 3. The van der Waals surface area contributed by atoms with E-state index in [-0.39, 0.29) is 104 Å². The van der Waals surface area contributed by atoms with Crippen molar-refractivity contribution in [3.8, 4) is 5.75 Å². The fourth-order valence-corrected chi connectivity index (χ4v) is 6.44. The van der Waals surface area contributed by atoms with Crippen molar-refractivity contribution in [3.63, 3.8) is 0 Å². The molecule has 1 heterocycles. The summed E-state index contributed by atoms with van der Waals surface area (Å²) in [6.45, 7) is 6.44. The van der Waals surface area contributed by atoms with Gasteiger partial charge in [0, 0.05) is 78.4 Å². The van der Waals surface area contributed by atoms with Crippen LogP contribution in [0.4, 0.5) is 0 Å². The first-order chi connectivity index (χ1) is 25.8. The van der Waals surface area contributed by atoms with Gasteiger partial charge in [0.05, 0.1) is 26.2 Å². The Kier molecular flexibility index (Phi) is 20.5. The average molecular weight is 804 g/mol. The van der Waals surface area contributed by atoms with E-state index in [9.17, 15) is 57.4 Å². The Hall–Kier alpha value is -3.96. The Labute approximate surface area is 321 Å². The molecule has 0 radical (unpaired) electrons. The number of carbonyl (C=O) groups is 5. The van der Waals surface area contributed by atoms with Crippen LogP contribution in [0.15, 0.2) is 12.1 Å². The summed E-state index contributed by atoms with van der Waals surface area (Å²) < 4.78 is 38.8. The number of carboxylic acids is 2. The number of β-amino-alcohol motifs (C(OH)–C–C–N with tert-alkyl or cyclic N) is 2. The summed E-state index contributed by atoms with van der Waals surface area (Å²) in [6, 6.07) is 2.17. The number of aliphatic hydroxyl groups is 2. The molecule has 0 saturated carbocycles.